The molecule has 2 aromatic carbocycles. The molecule has 3 aromatic rings. The van der Waals surface area contributed by atoms with Gasteiger partial charge >= 0.3 is 6.03 Å². The molecule has 2 fully saturated rings. The predicted octanol–water partition coefficient (Wildman–Crippen LogP) is 4.10. The van der Waals surface area contributed by atoms with Crippen LogP contribution >= 0.6 is 0 Å². The van der Waals surface area contributed by atoms with E-state index in [2.05, 4.69) is 10.6 Å². The molecule has 0 unspecified atom stereocenters. The average molecular weight is 472 g/mol. The van der Waals surface area contributed by atoms with Crippen LogP contribution in [0.4, 0.5) is 10.6 Å². The standard InChI is InChI=1S/C27H29N5O3/c1-19-9-8-12-21(15-19)22-16-23(32(30-22)17-20-10-4-2-5-11-20)28-24(33)18-31-25(34)27(29-26(31)35)13-6-3-7-14-27/h2,4-5,8-12,15-16H,3,6-7,13-14,17-18H2,1H3,(H,28,33)(H,29,35). The van der Waals surface area contributed by atoms with E-state index < -0.39 is 17.5 Å². The number of urea groups is 1. The minimum Gasteiger partial charge on any atom is -0.323 e. The maximum Gasteiger partial charge on any atom is 0.325 e. The highest BCUT2D eigenvalue weighted by molar-refractivity contribution is 6.10. The molecule has 0 bridgehead atoms. The van der Waals surface area contributed by atoms with E-state index in [0.29, 0.717) is 25.2 Å². The van der Waals surface area contributed by atoms with Gasteiger partial charge in [-0.25, -0.2) is 9.48 Å². The van der Waals surface area contributed by atoms with E-state index in [9.17, 15) is 14.4 Å². The van der Waals surface area contributed by atoms with Gasteiger partial charge in [-0.1, -0.05) is 73.4 Å². The number of rotatable bonds is 6. The second-order valence-corrected chi connectivity index (χ2v) is 9.44. The summed E-state index contributed by atoms with van der Waals surface area (Å²) in [7, 11) is 0. The van der Waals surface area contributed by atoms with Crippen molar-refractivity contribution in [3.63, 3.8) is 0 Å². The molecule has 2 heterocycles. The Morgan fingerprint density at radius 3 is 2.54 bits per heavy atom. The van der Waals surface area contributed by atoms with Gasteiger partial charge in [0.2, 0.25) is 5.91 Å². The van der Waals surface area contributed by atoms with Gasteiger partial charge in [-0.15, -0.1) is 0 Å². The fraction of sp³-hybridized carbons (Fsp3) is 0.333. The van der Waals surface area contributed by atoms with Gasteiger partial charge in [0.15, 0.2) is 0 Å². The van der Waals surface area contributed by atoms with Crippen molar-refractivity contribution in [3.05, 3.63) is 71.8 Å². The number of carbonyl (C=O) groups is 3. The number of carbonyl (C=O) groups excluding carboxylic acids is 3. The largest absolute Gasteiger partial charge is 0.325 e. The summed E-state index contributed by atoms with van der Waals surface area (Å²) in [6.45, 7) is 2.15. The molecular weight excluding hydrogens is 442 g/mol. The summed E-state index contributed by atoms with van der Waals surface area (Å²) in [5.41, 5.74) is 2.98. The molecule has 1 aliphatic carbocycles. The number of benzene rings is 2. The highest BCUT2D eigenvalue weighted by atomic mass is 16.2. The van der Waals surface area contributed by atoms with Gasteiger partial charge < -0.3 is 10.6 Å². The first-order valence-electron chi connectivity index (χ1n) is 12.1. The highest BCUT2D eigenvalue weighted by Gasteiger charge is 2.51. The van der Waals surface area contributed by atoms with Crippen molar-refractivity contribution >= 4 is 23.7 Å². The second-order valence-electron chi connectivity index (χ2n) is 9.44. The van der Waals surface area contributed by atoms with E-state index in [1.165, 1.54) is 0 Å². The quantitative estimate of drug-likeness (QED) is 0.529. The summed E-state index contributed by atoms with van der Waals surface area (Å²) in [5.74, 6) is -0.225. The molecule has 2 N–H and O–H groups in total. The SMILES string of the molecule is Cc1cccc(-c2cc(NC(=O)CN3C(=O)NC4(CCCCC4)C3=O)n(Cc3ccccc3)n2)c1. The van der Waals surface area contributed by atoms with Gasteiger partial charge in [0.1, 0.15) is 17.9 Å². The van der Waals surface area contributed by atoms with E-state index in [-0.39, 0.29) is 12.5 Å². The van der Waals surface area contributed by atoms with Crippen molar-refractivity contribution in [1.82, 2.24) is 20.0 Å². The van der Waals surface area contributed by atoms with Crippen LogP contribution in [-0.2, 0) is 16.1 Å². The molecule has 1 saturated carbocycles. The third kappa shape index (κ3) is 4.69. The van der Waals surface area contributed by atoms with Crippen molar-refractivity contribution in [2.45, 2.75) is 51.1 Å². The monoisotopic (exact) mass is 471 g/mol. The number of amides is 4. The zero-order chi connectivity index (χ0) is 24.4. The molecule has 8 heteroatoms. The second kappa shape index (κ2) is 9.37. The third-order valence-electron chi connectivity index (χ3n) is 6.79. The van der Waals surface area contributed by atoms with E-state index in [1.54, 1.807) is 4.68 Å². The predicted molar refractivity (Wildman–Crippen MR) is 133 cm³/mol. The number of imide groups is 1. The topological polar surface area (TPSA) is 96.3 Å². The van der Waals surface area contributed by atoms with Gasteiger partial charge in [0, 0.05) is 11.6 Å². The summed E-state index contributed by atoms with van der Waals surface area (Å²) >= 11 is 0. The van der Waals surface area contributed by atoms with Crippen molar-refractivity contribution in [2.75, 3.05) is 11.9 Å². The van der Waals surface area contributed by atoms with Crippen LogP contribution in [-0.4, -0.2) is 44.6 Å². The molecule has 180 valence electrons. The Balaban J connectivity index is 1.37. The number of hydrogen-bond donors (Lipinski definition) is 2. The minimum atomic E-state index is -0.844. The smallest absolute Gasteiger partial charge is 0.323 e. The summed E-state index contributed by atoms with van der Waals surface area (Å²) in [6.07, 6.45) is 4.10. The van der Waals surface area contributed by atoms with Crippen LogP contribution in [0.1, 0.15) is 43.2 Å². The van der Waals surface area contributed by atoms with Crippen LogP contribution in [0.15, 0.2) is 60.7 Å². The number of hydrogen-bond acceptors (Lipinski definition) is 4. The van der Waals surface area contributed by atoms with Gasteiger partial charge in [-0.2, -0.15) is 5.10 Å². The maximum atomic E-state index is 13.1. The van der Waals surface area contributed by atoms with E-state index in [0.717, 1.165) is 46.5 Å². The molecule has 1 spiro atoms. The minimum absolute atomic E-state index is 0.296. The van der Waals surface area contributed by atoms with Gasteiger partial charge in [0.25, 0.3) is 5.91 Å². The number of aromatic nitrogens is 2. The average Bonchev–Trinajstić information content (AvgIpc) is 3.34. The molecule has 1 aromatic heterocycles. The Morgan fingerprint density at radius 1 is 1.03 bits per heavy atom. The molecule has 4 amide bonds. The molecule has 8 nitrogen and oxygen atoms in total. The highest BCUT2D eigenvalue weighted by Crippen LogP contribution is 2.33. The van der Waals surface area contributed by atoms with Crippen LogP contribution in [0.3, 0.4) is 0 Å². The lowest BCUT2D eigenvalue weighted by molar-refractivity contribution is -0.134. The maximum absolute atomic E-state index is 13.1. The molecule has 5 rings (SSSR count). The number of aryl methyl sites for hydroxylation is 1. The Labute approximate surface area is 204 Å². The Kier molecular flexibility index (Phi) is 6.11. The van der Waals surface area contributed by atoms with Gasteiger partial charge in [0.05, 0.1) is 12.2 Å². The van der Waals surface area contributed by atoms with E-state index in [1.807, 2.05) is 67.6 Å². The number of nitrogens with one attached hydrogen (secondary N) is 2. The molecular formula is C27H29N5O3. The lowest BCUT2D eigenvalue weighted by atomic mass is 9.82. The lowest BCUT2D eigenvalue weighted by Gasteiger charge is -2.30. The zero-order valence-electron chi connectivity index (χ0n) is 19.8. The van der Waals surface area contributed by atoms with Crippen LogP contribution < -0.4 is 10.6 Å². The molecule has 35 heavy (non-hydrogen) atoms. The van der Waals surface area contributed by atoms with Crippen molar-refractivity contribution in [1.29, 1.82) is 0 Å². The van der Waals surface area contributed by atoms with Crippen LogP contribution in [0.25, 0.3) is 11.3 Å². The Morgan fingerprint density at radius 2 is 1.80 bits per heavy atom. The first-order valence-corrected chi connectivity index (χ1v) is 12.1. The van der Waals surface area contributed by atoms with Crippen molar-refractivity contribution in [3.8, 4) is 11.3 Å². The Hall–Kier alpha value is -3.94. The fourth-order valence-electron chi connectivity index (χ4n) is 4.98. The Bertz CT molecular complexity index is 1260. The summed E-state index contributed by atoms with van der Waals surface area (Å²) in [6, 6.07) is 19.2. The van der Waals surface area contributed by atoms with Gasteiger partial charge in [-0.3, -0.25) is 14.5 Å². The molecule has 1 saturated heterocycles. The molecule has 2 aliphatic rings. The molecule has 0 radical (unpaired) electrons. The van der Waals surface area contributed by atoms with E-state index >= 15 is 0 Å². The van der Waals surface area contributed by atoms with Crippen LogP contribution in [0, 0.1) is 6.92 Å². The number of nitrogens with zero attached hydrogens (tertiary/aromatic N) is 3. The van der Waals surface area contributed by atoms with Crippen LogP contribution in [0.2, 0.25) is 0 Å². The van der Waals surface area contributed by atoms with Gasteiger partial charge in [-0.05, 0) is 31.4 Å². The normalized spacial score (nSPS) is 17.0. The summed E-state index contributed by atoms with van der Waals surface area (Å²) in [4.78, 5) is 39.7. The van der Waals surface area contributed by atoms with E-state index in [4.69, 9.17) is 5.10 Å². The fourth-order valence-corrected chi connectivity index (χ4v) is 4.98. The lowest BCUT2D eigenvalue weighted by Crippen LogP contribution is -2.48. The third-order valence-corrected chi connectivity index (χ3v) is 6.79. The summed E-state index contributed by atoms with van der Waals surface area (Å²) in [5, 5.41) is 10.5. The zero-order valence-corrected chi connectivity index (χ0v) is 19.8. The first kappa shape index (κ1) is 22.8. The number of anilines is 1. The summed E-state index contributed by atoms with van der Waals surface area (Å²) < 4.78 is 1.74. The molecule has 1 aliphatic heterocycles. The van der Waals surface area contributed by atoms with Crippen molar-refractivity contribution in [2.24, 2.45) is 0 Å². The van der Waals surface area contributed by atoms with Crippen LogP contribution in [0.5, 0.6) is 0 Å². The molecule has 0 atom stereocenters. The first-order chi connectivity index (χ1) is 16.9. The van der Waals surface area contributed by atoms with Crippen molar-refractivity contribution < 1.29 is 14.4 Å².